The number of hydrazone groups is 1. The highest BCUT2D eigenvalue weighted by atomic mass is 35.5. The third-order valence-corrected chi connectivity index (χ3v) is 6.03. The molecule has 4 rings (SSSR count). The second-order valence-corrected chi connectivity index (χ2v) is 7.93. The molecule has 3 aromatic rings. The number of halogens is 3. The lowest BCUT2D eigenvalue weighted by Gasteiger charge is -2.24. The summed E-state index contributed by atoms with van der Waals surface area (Å²) in [4.78, 5) is 1.03. The van der Waals surface area contributed by atoms with Crippen LogP contribution in [0.4, 0.5) is 5.69 Å². The van der Waals surface area contributed by atoms with Crippen LogP contribution in [0.25, 0.3) is 0 Å². The van der Waals surface area contributed by atoms with Crippen molar-refractivity contribution in [2.45, 2.75) is 12.5 Å². The first kappa shape index (κ1) is 16.9. The van der Waals surface area contributed by atoms with Crippen LogP contribution in [0, 0.1) is 0 Å². The Morgan fingerprint density at radius 1 is 0.880 bits per heavy atom. The second-order valence-electron chi connectivity index (χ2n) is 5.74. The maximum atomic E-state index is 6.33. The van der Waals surface area contributed by atoms with Crippen molar-refractivity contribution in [3.63, 3.8) is 0 Å². The van der Waals surface area contributed by atoms with E-state index < -0.39 is 0 Å². The standard InChI is InChI=1S/C19H13Cl3N2S/c20-13-3-1-12(2-4-13)18-11-17(19-16(22)9-10-25-19)23-24(18)15-7-5-14(21)6-8-15/h1-10,18H,11H2. The fourth-order valence-corrected chi connectivity index (χ4v) is 4.34. The number of hydrogen-bond acceptors (Lipinski definition) is 3. The van der Waals surface area contributed by atoms with Crippen molar-refractivity contribution in [3.05, 3.63) is 85.5 Å². The molecular weight excluding hydrogens is 395 g/mol. The molecular formula is C19H13Cl3N2S. The van der Waals surface area contributed by atoms with Gasteiger partial charge in [0.15, 0.2) is 0 Å². The molecule has 2 nitrogen and oxygen atoms in total. The summed E-state index contributed by atoms with van der Waals surface area (Å²) in [6, 6.07) is 17.6. The van der Waals surface area contributed by atoms with Gasteiger partial charge in [0.2, 0.25) is 0 Å². The quantitative estimate of drug-likeness (QED) is 0.453. The highest BCUT2D eigenvalue weighted by Gasteiger charge is 2.31. The summed E-state index contributed by atoms with van der Waals surface area (Å²) in [6.45, 7) is 0. The Balaban J connectivity index is 1.76. The summed E-state index contributed by atoms with van der Waals surface area (Å²) in [5.74, 6) is 0. The van der Waals surface area contributed by atoms with E-state index in [-0.39, 0.29) is 6.04 Å². The van der Waals surface area contributed by atoms with Crippen LogP contribution in [0.1, 0.15) is 22.9 Å². The van der Waals surface area contributed by atoms with Crippen LogP contribution < -0.4 is 5.01 Å². The maximum absolute atomic E-state index is 6.33. The second kappa shape index (κ2) is 7.00. The van der Waals surface area contributed by atoms with Crippen LogP contribution >= 0.6 is 46.1 Å². The van der Waals surface area contributed by atoms with Gasteiger partial charge in [-0.1, -0.05) is 46.9 Å². The Labute approximate surface area is 165 Å². The largest absolute Gasteiger partial charge is 0.257 e. The zero-order chi connectivity index (χ0) is 17.4. The third-order valence-electron chi connectivity index (χ3n) is 4.14. The zero-order valence-corrected chi connectivity index (χ0v) is 16.1. The first-order valence-corrected chi connectivity index (χ1v) is 9.74. The molecule has 0 N–H and O–H groups in total. The minimum Gasteiger partial charge on any atom is -0.257 e. The first-order chi connectivity index (χ1) is 12.1. The van der Waals surface area contributed by atoms with E-state index in [1.54, 1.807) is 11.3 Å². The van der Waals surface area contributed by atoms with Crippen LogP contribution in [-0.4, -0.2) is 5.71 Å². The predicted molar refractivity (Wildman–Crippen MR) is 109 cm³/mol. The Bertz CT molecular complexity index is 917. The summed E-state index contributed by atoms with van der Waals surface area (Å²) in [7, 11) is 0. The molecule has 0 bridgehead atoms. The molecule has 0 saturated carbocycles. The summed E-state index contributed by atoms with van der Waals surface area (Å²) < 4.78 is 0. The fourth-order valence-electron chi connectivity index (χ4n) is 2.92. The molecule has 2 heterocycles. The van der Waals surface area contributed by atoms with Crippen molar-refractivity contribution in [3.8, 4) is 0 Å². The summed E-state index contributed by atoms with van der Waals surface area (Å²) in [5, 5.41) is 11.1. The average molecular weight is 408 g/mol. The van der Waals surface area contributed by atoms with E-state index in [9.17, 15) is 0 Å². The predicted octanol–water partition coefficient (Wildman–Crippen LogP) is 7.06. The maximum Gasteiger partial charge on any atom is 0.0832 e. The van der Waals surface area contributed by atoms with Crippen molar-refractivity contribution in [1.82, 2.24) is 0 Å². The van der Waals surface area contributed by atoms with Crippen LogP contribution in [0.5, 0.6) is 0 Å². The molecule has 126 valence electrons. The summed E-state index contributed by atoms with van der Waals surface area (Å²) in [5.41, 5.74) is 3.15. The Morgan fingerprint density at radius 2 is 1.52 bits per heavy atom. The van der Waals surface area contributed by atoms with Gasteiger partial charge in [-0.2, -0.15) is 5.10 Å². The molecule has 1 unspecified atom stereocenters. The Hall–Kier alpha value is -1.52. The van der Waals surface area contributed by atoms with E-state index in [4.69, 9.17) is 39.9 Å². The minimum absolute atomic E-state index is 0.0895. The molecule has 0 fully saturated rings. The first-order valence-electron chi connectivity index (χ1n) is 7.73. The molecule has 1 aliphatic heterocycles. The third kappa shape index (κ3) is 3.42. The monoisotopic (exact) mass is 406 g/mol. The highest BCUT2D eigenvalue weighted by molar-refractivity contribution is 7.12. The van der Waals surface area contributed by atoms with Gasteiger partial charge in [0, 0.05) is 16.5 Å². The molecule has 0 radical (unpaired) electrons. The molecule has 0 aliphatic carbocycles. The molecule has 6 heteroatoms. The smallest absolute Gasteiger partial charge is 0.0832 e. The lowest BCUT2D eigenvalue weighted by atomic mass is 10.0. The summed E-state index contributed by atoms with van der Waals surface area (Å²) >= 11 is 20.0. The number of benzene rings is 2. The Morgan fingerprint density at radius 3 is 2.12 bits per heavy atom. The van der Waals surface area contributed by atoms with Crippen LogP contribution in [0.15, 0.2) is 65.1 Å². The molecule has 2 aromatic carbocycles. The van der Waals surface area contributed by atoms with Gasteiger partial charge in [-0.3, -0.25) is 5.01 Å². The molecule has 1 aliphatic rings. The number of rotatable bonds is 3. The van der Waals surface area contributed by atoms with Crippen LogP contribution in [0.3, 0.4) is 0 Å². The number of hydrogen-bond donors (Lipinski definition) is 0. The van der Waals surface area contributed by atoms with E-state index in [0.29, 0.717) is 5.02 Å². The fraction of sp³-hybridized carbons (Fsp3) is 0.105. The van der Waals surface area contributed by atoms with Gasteiger partial charge in [-0.25, -0.2) is 0 Å². The molecule has 1 atom stereocenters. The van der Waals surface area contributed by atoms with Gasteiger partial charge < -0.3 is 0 Å². The van der Waals surface area contributed by atoms with E-state index in [2.05, 4.69) is 0 Å². The van der Waals surface area contributed by atoms with Crippen molar-refractivity contribution in [2.75, 3.05) is 5.01 Å². The lowest BCUT2D eigenvalue weighted by Crippen LogP contribution is -2.18. The van der Waals surface area contributed by atoms with Gasteiger partial charge in [0.05, 0.1) is 27.3 Å². The Kier molecular flexibility index (Phi) is 4.74. The molecule has 1 aromatic heterocycles. The van der Waals surface area contributed by atoms with E-state index >= 15 is 0 Å². The van der Waals surface area contributed by atoms with Gasteiger partial charge in [-0.05, 0) is 53.4 Å². The molecule has 0 amide bonds. The highest BCUT2D eigenvalue weighted by Crippen LogP contribution is 2.39. The van der Waals surface area contributed by atoms with Gasteiger partial charge in [0.1, 0.15) is 0 Å². The minimum atomic E-state index is 0.0895. The van der Waals surface area contributed by atoms with Crippen molar-refractivity contribution >= 4 is 57.5 Å². The number of anilines is 1. The topological polar surface area (TPSA) is 15.6 Å². The average Bonchev–Trinajstić information content (AvgIpc) is 3.22. The lowest BCUT2D eigenvalue weighted by molar-refractivity contribution is 0.709. The number of thiophene rings is 1. The van der Waals surface area contributed by atoms with Crippen molar-refractivity contribution in [2.24, 2.45) is 5.10 Å². The van der Waals surface area contributed by atoms with Crippen molar-refractivity contribution < 1.29 is 0 Å². The van der Waals surface area contributed by atoms with E-state index in [0.717, 1.165) is 38.3 Å². The number of nitrogens with zero attached hydrogens (tertiary/aromatic N) is 2. The molecule has 25 heavy (non-hydrogen) atoms. The van der Waals surface area contributed by atoms with Gasteiger partial charge in [0.25, 0.3) is 0 Å². The van der Waals surface area contributed by atoms with Crippen molar-refractivity contribution in [1.29, 1.82) is 0 Å². The summed E-state index contributed by atoms with van der Waals surface area (Å²) in [6.07, 6.45) is 0.782. The van der Waals surface area contributed by atoms with E-state index in [1.807, 2.05) is 65.0 Å². The molecule has 0 spiro atoms. The molecule has 0 saturated heterocycles. The normalized spacial score (nSPS) is 17.0. The van der Waals surface area contributed by atoms with Gasteiger partial charge >= 0.3 is 0 Å². The SMILES string of the molecule is Clc1ccc(C2CC(c3sccc3Cl)=NN2c2ccc(Cl)cc2)cc1. The van der Waals surface area contributed by atoms with Gasteiger partial charge in [-0.15, -0.1) is 11.3 Å². The van der Waals surface area contributed by atoms with E-state index in [1.165, 1.54) is 0 Å². The zero-order valence-electron chi connectivity index (χ0n) is 13.0. The van der Waals surface area contributed by atoms with Crippen LogP contribution in [-0.2, 0) is 0 Å². The van der Waals surface area contributed by atoms with Crippen LogP contribution in [0.2, 0.25) is 15.1 Å².